The maximum atomic E-state index is 8.18. The van der Waals surface area contributed by atoms with Crippen LogP contribution in [0.3, 0.4) is 0 Å². The van der Waals surface area contributed by atoms with Crippen LogP contribution in [0.4, 0.5) is 0 Å². The van der Waals surface area contributed by atoms with Crippen molar-refractivity contribution in [2.24, 2.45) is 0 Å². The van der Waals surface area contributed by atoms with E-state index in [0.29, 0.717) is 6.42 Å². The summed E-state index contributed by atoms with van der Waals surface area (Å²) in [6.07, 6.45) is 1.58. The summed E-state index contributed by atoms with van der Waals surface area (Å²) >= 11 is 0. The standard InChI is InChI=1S/C8H14N2/c1-8(2)7-10-6-4-3-5-9/h10H,1,3-4,6-7H2,2H3. The van der Waals surface area contributed by atoms with Crippen molar-refractivity contribution in [3.8, 4) is 6.07 Å². The van der Waals surface area contributed by atoms with E-state index in [4.69, 9.17) is 5.26 Å². The quantitative estimate of drug-likeness (QED) is 0.461. The van der Waals surface area contributed by atoms with Crippen molar-refractivity contribution in [2.75, 3.05) is 13.1 Å². The highest BCUT2D eigenvalue weighted by molar-refractivity contribution is 4.90. The molecular formula is C8H14N2. The van der Waals surface area contributed by atoms with Crippen LogP contribution in [0.25, 0.3) is 0 Å². The van der Waals surface area contributed by atoms with Gasteiger partial charge in [-0.25, -0.2) is 0 Å². The number of hydrogen-bond donors (Lipinski definition) is 1. The monoisotopic (exact) mass is 138 g/mol. The number of unbranched alkanes of at least 4 members (excludes halogenated alkanes) is 1. The van der Waals surface area contributed by atoms with E-state index in [9.17, 15) is 0 Å². The maximum absolute atomic E-state index is 8.18. The Kier molecular flexibility index (Phi) is 5.80. The minimum Gasteiger partial charge on any atom is -0.313 e. The summed E-state index contributed by atoms with van der Waals surface area (Å²) < 4.78 is 0. The van der Waals surface area contributed by atoms with Gasteiger partial charge in [-0.3, -0.25) is 0 Å². The van der Waals surface area contributed by atoms with E-state index in [2.05, 4.69) is 18.0 Å². The lowest BCUT2D eigenvalue weighted by Gasteiger charge is -2.00. The summed E-state index contributed by atoms with van der Waals surface area (Å²) in [7, 11) is 0. The third kappa shape index (κ3) is 7.19. The van der Waals surface area contributed by atoms with E-state index < -0.39 is 0 Å². The van der Waals surface area contributed by atoms with Gasteiger partial charge in [-0.2, -0.15) is 5.26 Å². The fourth-order valence-corrected chi connectivity index (χ4v) is 0.594. The number of nitrogens with zero attached hydrogens (tertiary/aromatic N) is 1. The molecule has 0 saturated heterocycles. The Labute approximate surface area is 62.5 Å². The molecule has 10 heavy (non-hydrogen) atoms. The molecule has 2 heteroatoms. The summed E-state index contributed by atoms with van der Waals surface area (Å²) in [6.45, 7) is 7.51. The summed E-state index contributed by atoms with van der Waals surface area (Å²) in [5.41, 5.74) is 1.14. The van der Waals surface area contributed by atoms with Gasteiger partial charge in [-0.1, -0.05) is 12.2 Å². The smallest absolute Gasteiger partial charge is 0.0622 e. The molecule has 0 aromatic heterocycles. The Morgan fingerprint density at radius 3 is 2.90 bits per heavy atom. The highest BCUT2D eigenvalue weighted by atomic mass is 14.8. The van der Waals surface area contributed by atoms with Crippen LogP contribution >= 0.6 is 0 Å². The van der Waals surface area contributed by atoms with Crippen LogP contribution in [0.5, 0.6) is 0 Å². The van der Waals surface area contributed by atoms with Gasteiger partial charge in [-0.05, 0) is 19.9 Å². The Balaban J connectivity index is 2.92. The Hall–Kier alpha value is -0.810. The number of nitriles is 1. The number of nitrogens with one attached hydrogen (secondary N) is 1. The van der Waals surface area contributed by atoms with Crippen molar-refractivity contribution in [1.29, 1.82) is 5.26 Å². The molecule has 0 aliphatic heterocycles. The van der Waals surface area contributed by atoms with E-state index in [1.54, 1.807) is 0 Å². The third-order valence-electron chi connectivity index (χ3n) is 1.07. The molecule has 0 saturated carbocycles. The van der Waals surface area contributed by atoms with Gasteiger partial charge in [0.05, 0.1) is 6.07 Å². The zero-order valence-corrected chi connectivity index (χ0v) is 6.48. The molecule has 0 heterocycles. The van der Waals surface area contributed by atoms with Gasteiger partial charge in [0.15, 0.2) is 0 Å². The molecule has 0 unspecified atom stereocenters. The molecule has 56 valence electrons. The zero-order chi connectivity index (χ0) is 7.82. The second kappa shape index (κ2) is 6.31. The van der Waals surface area contributed by atoms with E-state index in [0.717, 1.165) is 25.1 Å². The predicted molar refractivity (Wildman–Crippen MR) is 42.5 cm³/mol. The average Bonchev–Trinajstić information content (AvgIpc) is 1.87. The van der Waals surface area contributed by atoms with Crippen LogP contribution in [0, 0.1) is 11.3 Å². The van der Waals surface area contributed by atoms with Gasteiger partial charge in [0.1, 0.15) is 0 Å². The van der Waals surface area contributed by atoms with Crippen LogP contribution in [0.1, 0.15) is 19.8 Å². The first-order valence-corrected chi connectivity index (χ1v) is 3.49. The van der Waals surface area contributed by atoms with E-state index in [1.807, 2.05) is 6.92 Å². The Morgan fingerprint density at radius 2 is 2.40 bits per heavy atom. The molecule has 0 amide bonds. The predicted octanol–water partition coefficient (Wildman–Crippen LogP) is 1.46. The Bertz CT molecular complexity index is 133. The Morgan fingerprint density at radius 1 is 1.70 bits per heavy atom. The van der Waals surface area contributed by atoms with Crippen molar-refractivity contribution in [3.63, 3.8) is 0 Å². The maximum Gasteiger partial charge on any atom is 0.0622 e. The minimum atomic E-state index is 0.642. The molecule has 0 aliphatic carbocycles. The van der Waals surface area contributed by atoms with Crippen LogP contribution in [-0.2, 0) is 0 Å². The molecule has 0 rings (SSSR count). The highest BCUT2D eigenvalue weighted by Gasteiger charge is 1.86. The van der Waals surface area contributed by atoms with Crippen LogP contribution in [0.2, 0.25) is 0 Å². The van der Waals surface area contributed by atoms with Crippen LogP contribution in [0.15, 0.2) is 12.2 Å². The normalized spacial score (nSPS) is 8.80. The molecular weight excluding hydrogens is 124 g/mol. The van der Waals surface area contributed by atoms with Crippen molar-refractivity contribution >= 4 is 0 Å². The van der Waals surface area contributed by atoms with E-state index in [1.165, 1.54) is 0 Å². The fourth-order valence-electron chi connectivity index (χ4n) is 0.594. The summed E-state index contributed by atoms with van der Waals surface area (Å²) in [4.78, 5) is 0. The van der Waals surface area contributed by atoms with Crippen LogP contribution in [-0.4, -0.2) is 13.1 Å². The van der Waals surface area contributed by atoms with E-state index >= 15 is 0 Å². The van der Waals surface area contributed by atoms with Crippen molar-refractivity contribution in [3.05, 3.63) is 12.2 Å². The molecule has 0 spiro atoms. The van der Waals surface area contributed by atoms with Crippen molar-refractivity contribution in [2.45, 2.75) is 19.8 Å². The molecule has 0 aromatic carbocycles. The second-order valence-corrected chi connectivity index (χ2v) is 2.40. The van der Waals surface area contributed by atoms with Crippen molar-refractivity contribution < 1.29 is 0 Å². The van der Waals surface area contributed by atoms with Gasteiger partial charge in [0, 0.05) is 13.0 Å². The van der Waals surface area contributed by atoms with Gasteiger partial charge in [0.25, 0.3) is 0 Å². The van der Waals surface area contributed by atoms with Gasteiger partial charge in [0.2, 0.25) is 0 Å². The first kappa shape index (κ1) is 9.19. The fraction of sp³-hybridized carbons (Fsp3) is 0.625. The zero-order valence-electron chi connectivity index (χ0n) is 6.48. The first-order valence-electron chi connectivity index (χ1n) is 3.49. The molecule has 0 aromatic rings. The molecule has 0 radical (unpaired) electrons. The highest BCUT2D eigenvalue weighted by Crippen LogP contribution is 1.85. The van der Waals surface area contributed by atoms with Gasteiger partial charge >= 0.3 is 0 Å². The van der Waals surface area contributed by atoms with Gasteiger partial charge < -0.3 is 5.32 Å². The second-order valence-electron chi connectivity index (χ2n) is 2.40. The third-order valence-corrected chi connectivity index (χ3v) is 1.07. The van der Waals surface area contributed by atoms with E-state index in [-0.39, 0.29) is 0 Å². The molecule has 0 atom stereocenters. The lowest BCUT2D eigenvalue weighted by atomic mass is 10.3. The average molecular weight is 138 g/mol. The molecule has 0 fully saturated rings. The lowest BCUT2D eigenvalue weighted by Crippen LogP contribution is -2.16. The largest absolute Gasteiger partial charge is 0.313 e. The summed E-state index contributed by atoms with van der Waals surface area (Å²) in [6, 6.07) is 2.09. The first-order chi connectivity index (χ1) is 4.77. The lowest BCUT2D eigenvalue weighted by molar-refractivity contribution is 0.692. The van der Waals surface area contributed by atoms with Gasteiger partial charge in [-0.15, -0.1) is 0 Å². The molecule has 0 aliphatic rings. The molecule has 2 nitrogen and oxygen atoms in total. The van der Waals surface area contributed by atoms with Crippen molar-refractivity contribution in [1.82, 2.24) is 5.32 Å². The summed E-state index contributed by atoms with van der Waals surface area (Å²) in [5, 5.41) is 11.3. The number of rotatable bonds is 5. The summed E-state index contributed by atoms with van der Waals surface area (Å²) in [5.74, 6) is 0. The topological polar surface area (TPSA) is 35.8 Å². The SMILES string of the molecule is C=C(C)CNCCCC#N. The van der Waals surface area contributed by atoms with Crippen LogP contribution < -0.4 is 5.32 Å². The molecule has 0 bridgehead atoms. The number of hydrogen-bond acceptors (Lipinski definition) is 2. The molecule has 1 N–H and O–H groups in total. The minimum absolute atomic E-state index is 0.642.